The Labute approximate surface area is 162 Å². The zero-order valence-electron chi connectivity index (χ0n) is 15.5. The summed E-state index contributed by atoms with van der Waals surface area (Å²) >= 11 is 0. The number of hydrogen-bond acceptors (Lipinski definition) is 3. The van der Waals surface area contributed by atoms with Gasteiger partial charge in [0.05, 0.1) is 12.8 Å². The van der Waals surface area contributed by atoms with Crippen LogP contribution in [0.4, 0.5) is 0 Å². The van der Waals surface area contributed by atoms with Gasteiger partial charge in [0.1, 0.15) is 6.61 Å². The van der Waals surface area contributed by atoms with Gasteiger partial charge in [0.25, 0.3) is 0 Å². The number of pyridine rings is 1. The lowest BCUT2D eigenvalue weighted by Gasteiger charge is -2.14. The molecule has 0 radical (unpaired) electrons. The zero-order chi connectivity index (χ0) is 19.3. The first kappa shape index (κ1) is 18.1. The number of para-hydroxylation sites is 1. The molecule has 2 aromatic heterocycles. The van der Waals surface area contributed by atoms with Gasteiger partial charge in [-0.1, -0.05) is 48.5 Å². The van der Waals surface area contributed by atoms with Crippen molar-refractivity contribution in [3.8, 4) is 5.75 Å². The van der Waals surface area contributed by atoms with Crippen molar-refractivity contribution in [3.05, 3.63) is 100 Å². The first-order valence-electron chi connectivity index (χ1n) is 9.30. The first-order valence-corrected chi connectivity index (χ1v) is 9.30. The average molecular weight is 374 g/mol. The molecule has 0 spiro atoms. The van der Waals surface area contributed by atoms with Crippen molar-refractivity contribution >= 4 is 10.9 Å². The number of ether oxygens (including phenoxy) is 1. The summed E-state index contributed by atoms with van der Waals surface area (Å²) in [4.78, 5) is 15.6. The number of rotatable bonds is 7. The van der Waals surface area contributed by atoms with Gasteiger partial charge in [-0.15, -0.1) is 0 Å². The quantitative estimate of drug-likeness (QED) is 0.519. The minimum Gasteiger partial charge on any atom is -0.483 e. The van der Waals surface area contributed by atoms with Crippen molar-refractivity contribution in [1.29, 1.82) is 0 Å². The van der Waals surface area contributed by atoms with E-state index in [9.17, 15) is 9.90 Å². The summed E-state index contributed by atoms with van der Waals surface area (Å²) in [6.07, 6.45) is 4.49. The highest BCUT2D eigenvalue weighted by Crippen LogP contribution is 2.19. The van der Waals surface area contributed by atoms with Gasteiger partial charge in [0, 0.05) is 35.4 Å². The molecule has 5 heteroatoms. The second-order valence-electron chi connectivity index (χ2n) is 6.73. The molecular formula is C23H22N2O3. The standard InChI is InChI=1S/C23H22N2O3/c26-15-19-12-22(27)23(28-16-17-6-2-1-3-7-17)14-25(19)11-10-18-13-24-21-9-5-4-8-20(18)21/h1-9,12-14,24,26H,10-11,15-16H2. The fraction of sp³-hybridized carbons (Fsp3) is 0.174. The Kier molecular flexibility index (Phi) is 5.26. The summed E-state index contributed by atoms with van der Waals surface area (Å²) in [6.45, 7) is 0.777. The van der Waals surface area contributed by atoms with Gasteiger partial charge >= 0.3 is 0 Å². The summed E-state index contributed by atoms with van der Waals surface area (Å²) in [5.74, 6) is 0.292. The van der Waals surface area contributed by atoms with Crippen LogP contribution in [0.3, 0.4) is 0 Å². The van der Waals surface area contributed by atoms with Crippen LogP contribution in [0.15, 0.2) is 77.9 Å². The molecule has 0 fully saturated rings. The van der Waals surface area contributed by atoms with Crippen LogP contribution in [0.25, 0.3) is 10.9 Å². The predicted octanol–water partition coefficient (Wildman–Crippen LogP) is 3.64. The molecule has 0 aliphatic heterocycles. The van der Waals surface area contributed by atoms with Crippen LogP contribution in [-0.4, -0.2) is 14.7 Å². The summed E-state index contributed by atoms with van der Waals surface area (Å²) in [5.41, 5.74) is 3.66. The van der Waals surface area contributed by atoms with Crippen LogP contribution in [0.5, 0.6) is 5.75 Å². The molecule has 28 heavy (non-hydrogen) atoms. The van der Waals surface area contributed by atoms with E-state index < -0.39 is 0 Å². The third kappa shape index (κ3) is 3.85. The van der Waals surface area contributed by atoms with Crippen LogP contribution in [-0.2, 0) is 26.2 Å². The van der Waals surface area contributed by atoms with E-state index in [1.165, 1.54) is 17.0 Å². The number of fused-ring (bicyclic) bond motifs is 1. The Hall–Kier alpha value is -3.31. The molecule has 0 saturated heterocycles. The monoisotopic (exact) mass is 374 g/mol. The maximum Gasteiger partial charge on any atom is 0.223 e. The highest BCUT2D eigenvalue weighted by molar-refractivity contribution is 5.82. The maximum atomic E-state index is 12.3. The molecule has 0 unspecified atom stereocenters. The summed E-state index contributed by atoms with van der Waals surface area (Å²) in [5, 5.41) is 10.9. The molecule has 4 aromatic rings. The second kappa shape index (κ2) is 8.15. The second-order valence-corrected chi connectivity index (χ2v) is 6.73. The number of hydrogen-bond donors (Lipinski definition) is 2. The molecule has 4 rings (SSSR count). The number of aromatic nitrogens is 2. The van der Waals surface area contributed by atoms with Gasteiger partial charge in [0.2, 0.25) is 5.43 Å². The molecule has 142 valence electrons. The Morgan fingerprint density at radius 2 is 1.82 bits per heavy atom. The van der Waals surface area contributed by atoms with Crippen LogP contribution in [0.1, 0.15) is 16.8 Å². The zero-order valence-corrected chi connectivity index (χ0v) is 15.5. The van der Waals surface area contributed by atoms with E-state index in [0.717, 1.165) is 17.5 Å². The molecule has 0 bridgehead atoms. The van der Waals surface area contributed by atoms with Crippen molar-refractivity contribution in [1.82, 2.24) is 9.55 Å². The van der Waals surface area contributed by atoms with Gasteiger partial charge in [0.15, 0.2) is 5.75 Å². The number of benzene rings is 2. The summed E-state index contributed by atoms with van der Waals surface area (Å²) in [7, 11) is 0. The summed E-state index contributed by atoms with van der Waals surface area (Å²) < 4.78 is 7.64. The molecule has 2 N–H and O–H groups in total. The number of aryl methyl sites for hydroxylation is 2. The van der Waals surface area contributed by atoms with Gasteiger partial charge in [-0.3, -0.25) is 4.79 Å². The molecule has 0 aliphatic carbocycles. The van der Waals surface area contributed by atoms with E-state index in [2.05, 4.69) is 11.1 Å². The lowest BCUT2D eigenvalue weighted by atomic mass is 10.1. The Morgan fingerprint density at radius 1 is 1.04 bits per heavy atom. The lowest BCUT2D eigenvalue weighted by molar-refractivity contribution is 0.265. The first-order chi connectivity index (χ1) is 13.7. The highest BCUT2D eigenvalue weighted by atomic mass is 16.5. The van der Waals surface area contributed by atoms with Gasteiger partial charge in [-0.05, 0) is 23.6 Å². The van der Waals surface area contributed by atoms with Crippen molar-refractivity contribution < 1.29 is 9.84 Å². The lowest BCUT2D eigenvalue weighted by Crippen LogP contribution is -2.16. The fourth-order valence-corrected chi connectivity index (χ4v) is 3.36. The molecule has 0 aliphatic rings. The molecular weight excluding hydrogens is 352 g/mol. The van der Waals surface area contributed by atoms with Crippen molar-refractivity contribution in [2.75, 3.05) is 0 Å². The van der Waals surface area contributed by atoms with E-state index in [1.807, 2.05) is 59.3 Å². The molecule has 2 aromatic carbocycles. The Morgan fingerprint density at radius 3 is 2.64 bits per heavy atom. The smallest absolute Gasteiger partial charge is 0.223 e. The third-order valence-corrected chi connectivity index (χ3v) is 4.88. The molecule has 0 atom stereocenters. The molecule has 2 heterocycles. The van der Waals surface area contributed by atoms with E-state index >= 15 is 0 Å². The van der Waals surface area contributed by atoms with E-state index in [4.69, 9.17) is 4.74 Å². The molecule has 0 amide bonds. The minimum absolute atomic E-state index is 0.192. The third-order valence-electron chi connectivity index (χ3n) is 4.88. The van der Waals surface area contributed by atoms with Crippen LogP contribution in [0.2, 0.25) is 0 Å². The molecule has 0 saturated carbocycles. The molecule has 5 nitrogen and oxygen atoms in total. The van der Waals surface area contributed by atoms with Crippen molar-refractivity contribution in [2.45, 2.75) is 26.2 Å². The minimum atomic E-state index is -0.219. The van der Waals surface area contributed by atoms with Crippen molar-refractivity contribution in [2.24, 2.45) is 0 Å². The van der Waals surface area contributed by atoms with Crippen LogP contribution < -0.4 is 10.2 Å². The van der Waals surface area contributed by atoms with Crippen LogP contribution >= 0.6 is 0 Å². The fourth-order valence-electron chi connectivity index (χ4n) is 3.36. The van der Waals surface area contributed by atoms with Gasteiger partial charge in [-0.2, -0.15) is 0 Å². The summed E-state index contributed by atoms with van der Waals surface area (Å²) in [6, 6.07) is 19.3. The van der Waals surface area contributed by atoms with E-state index in [-0.39, 0.29) is 12.0 Å². The van der Waals surface area contributed by atoms with E-state index in [1.54, 1.807) is 6.20 Å². The normalized spacial score (nSPS) is 11.0. The van der Waals surface area contributed by atoms with Gasteiger partial charge in [-0.25, -0.2) is 0 Å². The maximum absolute atomic E-state index is 12.3. The average Bonchev–Trinajstić information content (AvgIpc) is 3.15. The SMILES string of the molecule is O=c1cc(CO)n(CCc2c[nH]c3ccccc23)cc1OCc1ccccc1. The predicted molar refractivity (Wildman–Crippen MR) is 109 cm³/mol. The van der Waals surface area contributed by atoms with Gasteiger partial charge < -0.3 is 19.4 Å². The largest absolute Gasteiger partial charge is 0.483 e. The highest BCUT2D eigenvalue weighted by Gasteiger charge is 2.09. The topological polar surface area (TPSA) is 67.2 Å². The number of aliphatic hydroxyl groups is 1. The number of nitrogens with zero attached hydrogens (tertiary/aromatic N) is 1. The van der Waals surface area contributed by atoms with Crippen molar-refractivity contribution in [3.63, 3.8) is 0 Å². The number of aromatic amines is 1. The number of nitrogens with one attached hydrogen (secondary N) is 1. The Balaban J connectivity index is 1.54. The Bertz CT molecular complexity index is 1130. The van der Waals surface area contributed by atoms with E-state index in [0.29, 0.717) is 24.6 Å². The number of H-pyrrole nitrogens is 1. The number of aliphatic hydroxyl groups excluding tert-OH is 1. The van der Waals surface area contributed by atoms with Crippen LogP contribution in [0, 0.1) is 0 Å².